The summed E-state index contributed by atoms with van der Waals surface area (Å²) in [6, 6.07) is 13.3. The molecule has 0 radical (unpaired) electrons. The molecule has 1 aromatic heterocycles. The molecule has 5 heteroatoms. The van der Waals surface area contributed by atoms with E-state index in [0.717, 1.165) is 5.69 Å². The zero-order valence-electron chi connectivity index (χ0n) is 12.7. The molecule has 1 atom stereocenters. The monoisotopic (exact) mass is 317 g/mol. The first kappa shape index (κ1) is 16.3. The van der Waals surface area contributed by atoms with E-state index < -0.39 is 0 Å². The van der Waals surface area contributed by atoms with Crippen LogP contribution >= 0.6 is 11.6 Å². The van der Waals surface area contributed by atoms with Gasteiger partial charge in [-0.1, -0.05) is 43.6 Å². The summed E-state index contributed by atoms with van der Waals surface area (Å²) in [4.78, 5) is 16.0. The highest BCUT2D eigenvalue weighted by Gasteiger charge is 2.15. The first-order valence-corrected chi connectivity index (χ1v) is 7.65. The van der Waals surface area contributed by atoms with E-state index in [2.05, 4.69) is 29.5 Å². The molecule has 2 N–H and O–H groups in total. The molecule has 0 unspecified atom stereocenters. The van der Waals surface area contributed by atoms with Crippen LogP contribution in [-0.4, -0.2) is 23.5 Å². The minimum absolute atomic E-state index is 0.142. The van der Waals surface area contributed by atoms with Crippen molar-refractivity contribution in [2.24, 2.45) is 5.92 Å². The fourth-order valence-corrected chi connectivity index (χ4v) is 2.22. The summed E-state index contributed by atoms with van der Waals surface area (Å²) in [6.45, 7) is 4.78. The Morgan fingerprint density at radius 2 is 1.95 bits per heavy atom. The lowest BCUT2D eigenvalue weighted by Gasteiger charge is -2.24. The molecule has 1 aromatic carbocycles. The number of amides is 1. The smallest absolute Gasteiger partial charge is 0.251 e. The minimum atomic E-state index is -0.148. The Balaban J connectivity index is 1.96. The van der Waals surface area contributed by atoms with Crippen LogP contribution in [0.5, 0.6) is 0 Å². The number of rotatable bonds is 6. The fraction of sp³-hybridized carbons (Fsp3) is 0.294. The Labute approximate surface area is 135 Å². The molecule has 0 aliphatic heterocycles. The van der Waals surface area contributed by atoms with E-state index in [1.165, 1.54) is 6.20 Å². The number of anilines is 1. The van der Waals surface area contributed by atoms with E-state index in [1.807, 2.05) is 30.3 Å². The number of nitrogens with zero attached hydrogens (tertiary/aromatic N) is 1. The maximum absolute atomic E-state index is 12.2. The second-order valence-electron chi connectivity index (χ2n) is 5.44. The number of carbonyl (C=O) groups is 1. The highest BCUT2D eigenvalue weighted by atomic mass is 35.5. The van der Waals surface area contributed by atoms with Crippen LogP contribution in [0.25, 0.3) is 0 Å². The standard InChI is InChI=1S/C17H20ClN3O/c1-12(2)15(21-14-6-4-3-5-7-14)11-20-17(22)13-8-9-19-16(18)10-13/h3-10,12,15,21H,11H2,1-2H3,(H,20,22)/t15-/m1/s1. The molecule has 0 saturated carbocycles. The van der Waals surface area contributed by atoms with Crippen LogP contribution in [-0.2, 0) is 0 Å². The Morgan fingerprint density at radius 3 is 2.59 bits per heavy atom. The van der Waals surface area contributed by atoms with Crippen LogP contribution < -0.4 is 10.6 Å². The average Bonchev–Trinajstić information content (AvgIpc) is 2.51. The number of hydrogen-bond donors (Lipinski definition) is 2. The minimum Gasteiger partial charge on any atom is -0.380 e. The third-order valence-electron chi connectivity index (χ3n) is 3.40. The van der Waals surface area contributed by atoms with Crippen LogP contribution in [0.15, 0.2) is 48.7 Å². The van der Waals surface area contributed by atoms with Crippen molar-refractivity contribution in [3.05, 3.63) is 59.4 Å². The van der Waals surface area contributed by atoms with Crippen LogP contribution in [0.4, 0.5) is 5.69 Å². The molecule has 1 heterocycles. The Bertz CT molecular complexity index is 616. The van der Waals surface area contributed by atoms with E-state index in [-0.39, 0.29) is 11.9 Å². The second kappa shape index (κ2) is 7.80. The highest BCUT2D eigenvalue weighted by molar-refractivity contribution is 6.29. The Kier molecular flexibility index (Phi) is 5.78. The molecule has 2 rings (SSSR count). The van der Waals surface area contributed by atoms with Crippen molar-refractivity contribution in [3.63, 3.8) is 0 Å². The van der Waals surface area contributed by atoms with Crippen molar-refractivity contribution in [1.29, 1.82) is 0 Å². The van der Waals surface area contributed by atoms with Crippen molar-refractivity contribution in [3.8, 4) is 0 Å². The van der Waals surface area contributed by atoms with Crippen LogP contribution in [0.1, 0.15) is 24.2 Å². The molecule has 4 nitrogen and oxygen atoms in total. The summed E-state index contributed by atoms with van der Waals surface area (Å²) < 4.78 is 0. The molecule has 0 aliphatic rings. The van der Waals surface area contributed by atoms with E-state index >= 15 is 0 Å². The van der Waals surface area contributed by atoms with Crippen LogP contribution in [0.2, 0.25) is 5.15 Å². The summed E-state index contributed by atoms with van der Waals surface area (Å²) in [5.41, 5.74) is 1.56. The number of nitrogens with one attached hydrogen (secondary N) is 2. The van der Waals surface area contributed by atoms with E-state index in [4.69, 9.17) is 11.6 Å². The first-order valence-electron chi connectivity index (χ1n) is 7.27. The quantitative estimate of drug-likeness (QED) is 0.800. The summed E-state index contributed by atoms with van der Waals surface area (Å²) in [6.07, 6.45) is 1.53. The zero-order chi connectivity index (χ0) is 15.9. The summed E-state index contributed by atoms with van der Waals surface area (Å²) in [5.74, 6) is 0.228. The third kappa shape index (κ3) is 4.74. The van der Waals surface area contributed by atoms with Gasteiger partial charge in [0.25, 0.3) is 5.91 Å². The normalized spacial score (nSPS) is 12.0. The predicted octanol–water partition coefficient (Wildman–Crippen LogP) is 3.60. The van der Waals surface area contributed by atoms with Gasteiger partial charge in [0, 0.05) is 30.0 Å². The number of halogens is 1. The van der Waals surface area contributed by atoms with Gasteiger partial charge in [-0.25, -0.2) is 4.98 Å². The number of pyridine rings is 1. The molecule has 1 amide bonds. The second-order valence-corrected chi connectivity index (χ2v) is 5.83. The molecule has 116 valence electrons. The van der Waals surface area contributed by atoms with Gasteiger partial charge in [0.15, 0.2) is 0 Å². The molecule has 0 spiro atoms. The summed E-state index contributed by atoms with van der Waals surface area (Å²) >= 11 is 5.81. The van der Waals surface area contributed by atoms with Gasteiger partial charge in [0.2, 0.25) is 0 Å². The first-order chi connectivity index (χ1) is 10.6. The van der Waals surface area contributed by atoms with Crippen LogP contribution in [0.3, 0.4) is 0 Å². The largest absolute Gasteiger partial charge is 0.380 e. The van der Waals surface area contributed by atoms with Gasteiger partial charge in [0.1, 0.15) is 5.15 Å². The molecular formula is C17H20ClN3O. The molecular weight excluding hydrogens is 298 g/mol. The molecule has 0 saturated heterocycles. The van der Waals surface area contributed by atoms with E-state index in [1.54, 1.807) is 12.1 Å². The molecule has 0 aliphatic carbocycles. The lowest BCUT2D eigenvalue weighted by Crippen LogP contribution is -2.39. The van der Waals surface area contributed by atoms with Gasteiger partial charge >= 0.3 is 0 Å². The van der Waals surface area contributed by atoms with Crippen LogP contribution in [0, 0.1) is 5.92 Å². The number of aromatic nitrogens is 1. The van der Waals surface area contributed by atoms with Gasteiger partial charge in [-0.15, -0.1) is 0 Å². The van der Waals surface area contributed by atoms with Crippen molar-refractivity contribution in [2.75, 3.05) is 11.9 Å². The van der Waals surface area contributed by atoms with Gasteiger partial charge in [-0.05, 0) is 30.2 Å². The van der Waals surface area contributed by atoms with E-state index in [9.17, 15) is 4.79 Å². The third-order valence-corrected chi connectivity index (χ3v) is 3.61. The van der Waals surface area contributed by atoms with Gasteiger partial charge in [-0.2, -0.15) is 0 Å². The molecule has 2 aromatic rings. The lowest BCUT2D eigenvalue weighted by molar-refractivity contribution is 0.0950. The highest BCUT2D eigenvalue weighted by Crippen LogP contribution is 2.12. The number of benzene rings is 1. The van der Waals surface area contributed by atoms with Gasteiger partial charge in [-0.3, -0.25) is 4.79 Å². The number of para-hydroxylation sites is 1. The number of hydrogen-bond acceptors (Lipinski definition) is 3. The van der Waals surface area contributed by atoms with Crippen molar-refractivity contribution in [2.45, 2.75) is 19.9 Å². The molecule has 22 heavy (non-hydrogen) atoms. The number of carbonyl (C=O) groups excluding carboxylic acids is 1. The average molecular weight is 318 g/mol. The van der Waals surface area contributed by atoms with Gasteiger partial charge in [0.05, 0.1) is 0 Å². The van der Waals surface area contributed by atoms with Crippen molar-refractivity contribution in [1.82, 2.24) is 10.3 Å². The van der Waals surface area contributed by atoms with Gasteiger partial charge < -0.3 is 10.6 Å². The summed E-state index contributed by atoms with van der Waals surface area (Å²) in [5, 5.41) is 6.70. The maximum Gasteiger partial charge on any atom is 0.251 e. The molecule has 0 fully saturated rings. The predicted molar refractivity (Wildman–Crippen MR) is 90.3 cm³/mol. The lowest BCUT2D eigenvalue weighted by atomic mass is 10.0. The van der Waals surface area contributed by atoms with Crippen molar-refractivity contribution >= 4 is 23.2 Å². The summed E-state index contributed by atoms with van der Waals surface area (Å²) in [7, 11) is 0. The van der Waals surface area contributed by atoms with Crippen molar-refractivity contribution < 1.29 is 4.79 Å². The topological polar surface area (TPSA) is 54.0 Å². The SMILES string of the molecule is CC(C)[C@@H](CNC(=O)c1ccnc(Cl)c1)Nc1ccccc1. The maximum atomic E-state index is 12.2. The molecule has 0 bridgehead atoms. The Hall–Kier alpha value is -2.07. The fourth-order valence-electron chi connectivity index (χ4n) is 2.05. The van der Waals surface area contributed by atoms with E-state index in [0.29, 0.717) is 23.2 Å². The zero-order valence-corrected chi connectivity index (χ0v) is 13.5. The Morgan fingerprint density at radius 1 is 1.23 bits per heavy atom.